The van der Waals surface area contributed by atoms with Gasteiger partial charge in [0.2, 0.25) is 0 Å². The molecule has 6 nitrogen and oxygen atoms in total. The maximum atomic E-state index is 12.8. The van der Waals surface area contributed by atoms with Crippen LogP contribution in [0.2, 0.25) is 0 Å². The molecule has 2 aromatic carbocycles. The fourth-order valence-electron chi connectivity index (χ4n) is 3.48. The molecule has 1 saturated heterocycles. The minimum Gasteiger partial charge on any atom is -0.481 e. The molecule has 1 heterocycles. The number of likely N-dealkylation sites (tertiary alicyclic amines) is 1. The molecule has 0 radical (unpaired) electrons. The van der Waals surface area contributed by atoms with Gasteiger partial charge in [-0.15, -0.1) is 0 Å². The highest BCUT2D eigenvalue weighted by molar-refractivity contribution is 6.05. The van der Waals surface area contributed by atoms with Crippen molar-refractivity contribution < 1.29 is 19.5 Å². The normalized spacial score (nSPS) is 16.4. The van der Waals surface area contributed by atoms with Crippen molar-refractivity contribution in [2.45, 2.75) is 25.7 Å². The lowest BCUT2D eigenvalue weighted by atomic mass is 9.93. The standard InChI is InChI=1S/C22H24N2O4/c25-20(26)13-8-16-5-4-14-24(15-16)22(28)18-11-9-17(10-12-18)21(27)23-19-6-2-1-3-7-19/h1-3,6-7,9-12,16H,4-5,8,13-15H2,(H,23,27)(H,25,26). The number of carboxylic acid groups (broad SMARTS) is 1. The van der Waals surface area contributed by atoms with E-state index >= 15 is 0 Å². The van der Waals surface area contributed by atoms with Crippen LogP contribution >= 0.6 is 0 Å². The van der Waals surface area contributed by atoms with E-state index < -0.39 is 5.97 Å². The van der Waals surface area contributed by atoms with Gasteiger partial charge in [0.25, 0.3) is 11.8 Å². The van der Waals surface area contributed by atoms with Crippen molar-refractivity contribution in [1.82, 2.24) is 4.90 Å². The summed E-state index contributed by atoms with van der Waals surface area (Å²) in [6.07, 6.45) is 2.57. The zero-order valence-corrected chi connectivity index (χ0v) is 15.6. The van der Waals surface area contributed by atoms with Crippen molar-refractivity contribution in [3.8, 4) is 0 Å². The fourth-order valence-corrected chi connectivity index (χ4v) is 3.48. The minimum atomic E-state index is -0.798. The molecule has 2 aromatic rings. The van der Waals surface area contributed by atoms with Gasteiger partial charge in [-0.05, 0) is 61.6 Å². The quantitative estimate of drug-likeness (QED) is 0.801. The molecule has 0 saturated carbocycles. The van der Waals surface area contributed by atoms with Crippen LogP contribution in [0.25, 0.3) is 0 Å². The summed E-state index contributed by atoms with van der Waals surface area (Å²) >= 11 is 0. The Balaban J connectivity index is 1.60. The van der Waals surface area contributed by atoms with E-state index in [0.717, 1.165) is 12.8 Å². The molecule has 28 heavy (non-hydrogen) atoms. The van der Waals surface area contributed by atoms with Crippen molar-refractivity contribution in [2.24, 2.45) is 5.92 Å². The topological polar surface area (TPSA) is 86.7 Å². The summed E-state index contributed by atoms with van der Waals surface area (Å²) < 4.78 is 0. The number of para-hydroxylation sites is 1. The summed E-state index contributed by atoms with van der Waals surface area (Å²) in [5, 5.41) is 11.7. The first-order chi connectivity index (χ1) is 13.5. The highest BCUT2D eigenvalue weighted by Gasteiger charge is 2.25. The number of carboxylic acids is 1. The lowest BCUT2D eigenvalue weighted by Crippen LogP contribution is -2.40. The van der Waals surface area contributed by atoms with Crippen molar-refractivity contribution in [1.29, 1.82) is 0 Å². The summed E-state index contributed by atoms with van der Waals surface area (Å²) in [5.41, 5.74) is 1.74. The largest absolute Gasteiger partial charge is 0.481 e. The van der Waals surface area contributed by atoms with Gasteiger partial charge < -0.3 is 15.3 Å². The molecule has 0 bridgehead atoms. The second-order valence-corrected chi connectivity index (χ2v) is 7.09. The van der Waals surface area contributed by atoms with Crippen LogP contribution in [0.4, 0.5) is 5.69 Å². The number of amides is 2. The third kappa shape index (κ3) is 5.19. The Morgan fingerprint density at radius 1 is 1.00 bits per heavy atom. The molecular formula is C22H24N2O4. The monoisotopic (exact) mass is 380 g/mol. The Morgan fingerprint density at radius 2 is 1.68 bits per heavy atom. The number of hydrogen-bond acceptors (Lipinski definition) is 3. The first-order valence-electron chi connectivity index (χ1n) is 9.50. The smallest absolute Gasteiger partial charge is 0.303 e. The summed E-state index contributed by atoms with van der Waals surface area (Å²) in [5.74, 6) is -0.871. The van der Waals surface area contributed by atoms with Crippen LogP contribution in [-0.2, 0) is 4.79 Å². The number of benzene rings is 2. The predicted molar refractivity (Wildman–Crippen MR) is 106 cm³/mol. The zero-order chi connectivity index (χ0) is 19.9. The number of aliphatic carboxylic acids is 1. The molecule has 1 fully saturated rings. The second-order valence-electron chi connectivity index (χ2n) is 7.09. The maximum Gasteiger partial charge on any atom is 0.303 e. The number of carbonyl (C=O) groups is 3. The summed E-state index contributed by atoms with van der Waals surface area (Å²) in [6.45, 7) is 1.26. The Morgan fingerprint density at radius 3 is 2.36 bits per heavy atom. The third-order valence-electron chi connectivity index (χ3n) is 5.00. The summed E-state index contributed by atoms with van der Waals surface area (Å²) in [7, 11) is 0. The van der Waals surface area contributed by atoms with Crippen molar-refractivity contribution >= 4 is 23.5 Å². The summed E-state index contributed by atoms with van der Waals surface area (Å²) in [6, 6.07) is 15.8. The van der Waals surface area contributed by atoms with Gasteiger partial charge in [0.1, 0.15) is 0 Å². The number of nitrogens with zero attached hydrogens (tertiary/aromatic N) is 1. The molecule has 0 spiro atoms. The van der Waals surface area contributed by atoms with Gasteiger partial charge in [-0.1, -0.05) is 18.2 Å². The first kappa shape index (κ1) is 19.6. The van der Waals surface area contributed by atoms with E-state index in [1.54, 1.807) is 29.2 Å². The highest BCUT2D eigenvalue weighted by atomic mass is 16.4. The van der Waals surface area contributed by atoms with Crippen LogP contribution in [0, 0.1) is 5.92 Å². The van der Waals surface area contributed by atoms with Crippen molar-refractivity contribution in [3.63, 3.8) is 0 Å². The Kier molecular flexibility index (Phi) is 6.42. The molecule has 1 aliphatic heterocycles. The molecule has 1 atom stereocenters. The van der Waals surface area contributed by atoms with Crippen LogP contribution in [0.1, 0.15) is 46.4 Å². The van der Waals surface area contributed by atoms with Gasteiger partial charge in [0.15, 0.2) is 0 Å². The van der Waals surface area contributed by atoms with Crippen LogP contribution in [-0.4, -0.2) is 40.9 Å². The molecule has 6 heteroatoms. The van der Waals surface area contributed by atoms with E-state index in [9.17, 15) is 14.4 Å². The van der Waals surface area contributed by atoms with E-state index in [4.69, 9.17) is 5.11 Å². The molecular weight excluding hydrogens is 356 g/mol. The average molecular weight is 380 g/mol. The minimum absolute atomic E-state index is 0.0740. The van der Waals surface area contributed by atoms with E-state index in [0.29, 0.717) is 36.3 Å². The van der Waals surface area contributed by atoms with Gasteiger partial charge in [0.05, 0.1) is 0 Å². The van der Waals surface area contributed by atoms with Crippen LogP contribution < -0.4 is 5.32 Å². The number of hydrogen-bond donors (Lipinski definition) is 2. The molecule has 2 N–H and O–H groups in total. The van der Waals surface area contributed by atoms with Crippen molar-refractivity contribution in [2.75, 3.05) is 18.4 Å². The van der Waals surface area contributed by atoms with Crippen LogP contribution in [0.15, 0.2) is 54.6 Å². The Labute approximate surface area is 164 Å². The molecule has 0 aliphatic carbocycles. The average Bonchev–Trinajstić information content (AvgIpc) is 2.73. The second kappa shape index (κ2) is 9.17. The third-order valence-corrected chi connectivity index (χ3v) is 5.00. The van der Waals surface area contributed by atoms with E-state index in [1.165, 1.54) is 0 Å². The number of rotatable bonds is 6. The van der Waals surface area contributed by atoms with Crippen molar-refractivity contribution in [3.05, 3.63) is 65.7 Å². The SMILES string of the molecule is O=C(O)CCC1CCCN(C(=O)c2ccc(C(=O)Nc3ccccc3)cc2)C1. The van der Waals surface area contributed by atoms with Gasteiger partial charge in [-0.3, -0.25) is 14.4 Å². The molecule has 2 amide bonds. The number of carbonyl (C=O) groups excluding carboxylic acids is 2. The predicted octanol–water partition coefficient (Wildman–Crippen LogP) is 3.66. The molecule has 0 aromatic heterocycles. The van der Waals surface area contributed by atoms with Gasteiger partial charge in [-0.25, -0.2) is 0 Å². The number of anilines is 1. The van der Waals surface area contributed by atoms with E-state index in [2.05, 4.69) is 5.32 Å². The fraction of sp³-hybridized carbons (Fsp3) is 0.318. The number of nitrogens with one attached hydrogen (secondary N) is 1. The van der Waals surface area contributed by atoms with Crippen LogP contribution in [0.3, 0.4) is 0 Å². The lowest BCUT2D eigenvalue weighted by Gasteiger charge is -2.32. The van der Waals surface area contributed by atoms with E-state index in [-0.39, 0.29) is 24.2 Å². The molecule has 1 unspecified atom stereocenters. The molecule has 146 valence electrons. The first-order valence-corrected chi connectivity index (χ1v) is 9.50. The lowest BCUT2D eigenvalue weighted by molar-refractivity contribution is -0.137. The summed E-state index contributed by atoms with van der Waals surface area (Å²) in [4.78, 5) is 37.6. The highest BCUT2D eigenvalue weighted by Crippen LogP contribution is 2.22. The Hall–Kier alpha value is -3.15. The molecule has 1 aliphatic rings. The van der Waals surface area contributed by atoms with Gasteiger partial charge in [0, 0.05) is 36.3 Å². The molecule has 3 rings (SSSR count). The van der Waals surface area contributed by atoms with Gasteiger partial charge >= 0.3 is 5.97 Å². The van der Waals surface area contributed by atoms with Gasteiger partial charge in [-0.2, -0.15) is 0 Å². The van der Waals surface area contributed by atoms with E-state index in [1.807, 2.05) is 30.3 Å². The van der Waals surface area contributed by atoms with Crippen LogP contribution in [0.5, 0.6) is 0 Å². The maximum absolute atomic E-state index is 12.8. The Bertz CT molecular complexity index is 833. The number of piperidine rings is 1. The zero-order valence-electron chi connectivity index (χ0n) is 15.6.